The maximum Gasteiger partial charge on any atom is 0.224 e. The van der Waals surface area contributed by atoms with Crippen molar-refractivity contribution >= 4 is 33.5 Å². The van der Waals surface area contributed by atoms with Crippen molar-refractivity contribution in [1.29, 1.82) is 0 Å². The van der Waals surface area contributed by atoms with Crippen LogP contribution in [0.4, 0.5) is 5.69 Å². The molecule has 0 aliphatic carbocycles. The summed E-state index contributed by atoms with van der Waals surface area (Å²) in [5.41, 5.74) is 8.26. The molecule has 0 atom stereocenters. The second-order valence-corrected chi connectivity index (χ2v) is 10.8. The third-order valence-corrected chi connectivity index (χ3v) is 6.30. The van der Waals surface area contributed by atoms with Gasteiger partial charge in [0.15, 0.2) is 0 Å². The number of aromatic nitrogens is 7. The van der Waals surface area contributed by atoms with Gasteiger partial charge < -0.3 is 14.9 Å². The van der Waals surface area contributed by atoms with Gasteiger partial charge in [-0.3, -0.25) is 14.9 Å². The SMILES string of the molecule is Cc1cn(-c2cccc3[nH]c(-c4n[nH]c5ccc(-c6cncc(NC(=O)CC(C)(C)C)c6)nc45)cc23)cn1. The molecule has 38 heavy (non-hydrogen) atoms. The largest absolute Gasteiger partial charge is 0.353 e. The van der Waals surface area contributed by atoms with Gasteiger partial charge in [-0.25, -0.2) is 9.97 Å². The predicted molar refractivity (Wildman–Crippen MR) is 149 cm³/mol. The van der Waals surface area contributed by atoms with Crippen LogP contribution in [0.2, 0.25) is 0 Å². The van der Waals surface area contributed by atoms with E-state index < -0.39 is 0 Å². The van der Waals surface area contributed by atoms with Crippen molar-refractivity contribution in [3.8, 4) is 28.3 Å². The molecule has 6 rings (SSSR count). The lowest BCUT2D eigenvalue weighted by Crippen LogP contribution is -2.19. The molecule has 9 nitrogen and oxygen atoms in total. The molecule has 0 unspecified atom stereocenters. The van der Waals surface area contributed by atoms with Crippen LogP contribution in [0.15, 0.2) is 67.4 Å². The van der Waals surface area contributed by atoms with Crippen molar-refractivity contribution in [2.24, 2.45) is 5.41 Å². The molecule has 190 valence electrons. The lowest BCUT2D eigenvalue weighted by molar-refractivity contribution is -0.117. The zero-order valence-electron chi connectivity index (χ0n) is 21.7. The average molecular weight is 505 g/mol. The first kappa shape index (κ1) is 23.6. The fourth-order valence-electron chi connectivity index (χ4n) is 4.63. The van der Waals surface area contributed by atoms with E-state index in [4.69, 9.17) is 4.98 Å². The Hall–Kier alpha value is -4.79. The minimum absolute atomic E-state index is 0.0407. The molecule has 0 saturated carbocycles. The van der Waals surface area contributed by atoms with Crippen molar-refractivity contribution in [2.75, 3.05) is 5.32 Å². The van der Waals surface area contributed by atoms with Crippen molar-refractivity contribution in [3.63, 3.8) is 0 Å². The number of H-pyrrole nitrogens is 2. The third kappa shape index (κ3) is 4.54. The van der Waals surface area contributed by atoms with Crippen LogP contribution >= 0.6 is 0 Å². The van der Waals surface area contributed by atoms with Crippen molar-refractivity contribution < 1.29 is 4.79 Å². The highest BCUT2D eigenvalue weighted by atomic mass is 16.1. The van der Waals surface area contributed by atoms with Crippen LogP contribution in [0.5, 0.6) is 0 Å². The maximum atomic E-state index is 12.4. The van der Waals surface area contributed by atoms with Gasteiger partial charge in [-0.1, -0.05) is 26.8 Å². The number of benzene rings is 1. The van der Waals surface area contributed by atoms with Crippen LogP contribution in [0.25, 0.3) is 50.3 Å². The van der Waals surface area contributed by atoms with Crippen LogP contribution < -0.4 is 5.32 Å². The Kier molecular flexibility index (Phi) is 5.56. The Balaban J connectivity index is 1.36. The first-order valence-corrected chi connectivity index (χ1v) is 12.5. The lowest BCUT2D eigenvalue weighted by atomic mass is 9.92. The highest BCUT2D eigenvalue weighted by Gasteiger charge is 2.18. The lowest BCUT2D eigenvalue weighted by Gasteiger charge is -2.17. The van der Waals surface area contributed by atoms with E-state index in [9.17, 15) is 4.79 Å². The van der Waals surface area contributed by atoms with Gasteiger partial charge in [0.05, 0.1) is 46.5 Å². The molecule has 6 aromatic rings. The second kappa shape index (κ2) is 8.95. The summed E-state index contributed by atoms with van der Waals surface area (Å²) in [5.74, 6) is -0.0407. The highest BCUT2D eigenvalue weighted by Crippen LogP contribution is 2.32. The van der Waals surface area contributed by atoms with E-state index >= 15 is 0 Å². The predicted octanol–water partition coefficient (Wildman–Crippen LogP) is 6.04. The smallest absolute Gasteiger partial charge is 0.224 e. The van der Waals surface area contributed by atoms with Gasteiger partial charge in [0.25, 0.3) is 0 Å². The summed E-state index contributed by atoms with van der Waals surface area (Å²) in [5, 5.41) is 11.7. The number of anilines is 1. The summed E-state index contributed by atoms with van der Waals surface area (Å²) >= 11 is 0. The summed E-state index contributed by atoms with van der Waals surface area (Å²) in [6.45, 7) is 8.09. The van der Waals surface area contributed by atoms with Gasteiger partial charge >= 0.3 is 0 Å². The molecule has 5 aromatic heterocycles. The Morgan fingerprint density at radius 2 is 1.95 bits per heavy atom. The van der Waals surface area contributed by atoms with Crippen LogP contribution in [-0.4, -0.2) is 40.6 Å². The van der Waals surface area contributed by atoms with Gasteiger partial charge in [-0.05, 0) is 48.7 Å². The minimum atomic E-state index is -0.0967. The van der Waals surface area contributed by atoms with Crippen molar-refractivity contribution in [2.45, 2.75) is 34.1 Å². The molecule has 5 heterocycles. The van der Waals surface area contributed by atoms with Crippen molar-refractivity contribution in [1.82, 2.24) is 34.7 Å². The molecule has 1 aromatic carbocycles. The summed E-state index contributed by atoms with van der Waals surface area (Å²) in [7, 11) is 0. The van der Waals surface area contributed by atoms with Gasteiger partial charge in [0.1, 0.15) is 11.2 Å². The number of nitrogens with zero attached hydrogens (tertiary/aromatic N) is 5. The zero-order valence-corrected chi connectivity index (χ0v) is 21.7. The van der Waals surface area contributed by atoms with Crippen LogP contribution in [-0.2, 0) is 4.79 Å². The number of amides is 1. The quantitative estimate of drug-likeness (QED) is 0.265. The molecule has 1 amide bonds. The van der Waals surface area contributed by atoms with Gasteiger partial charge in [0, 0.05) is 35.3 Å². The van der Waals surface area contributed by atoms with E-state index in [-0.39, 0.29) is 11.3 Å². The van der Waals surface area contributed by atoms with Crippen LogP contribution in [0.3, 0.4) is 0 Å². The van der Waals surface area contributed by atoms with Gasteiger partial charge in [0.2, 0.25) is 5.91 Å². The summed E-state index contributed by atoms with van der Waals surface area (Å²) in [6, 6.07) is 14.0. The Morgan fingerprint density at radius 3 is 2.74 bits per heavy atom. The monoisotopic (exact) mass is 504 g/mol. The molecular weight excluding hydrogens is 476 g/mol. The van der Waals surface area contributed by atoms with E-state index in [1.165, 1.54) is 0 Å². The first-order valence-electron chi connectivity index (χ1n) is 12.5. The fourth-order valence-corrected chi connectivity index (χ4v) is 4.63. The topological polar surface area (TPSA) is 117 Å². The maximum absolute atomic E-state index is 12.4. The Labute approximate surface area is 219 Å². The molecule has 0 bridgehead atoms. The number of carbonyl (C=O) groups excluding carboxylic acids is 1. The number of imidazole rings is 1. The molecule has 0 spiro atoms. The Bertz CT molecular complexity index is 1800. The van der Waals surface area contributed by atoms with E-state index in [1.807, 2.05) is 75.1 Å². The van der Waals surface area contributed by atoms with Crippen molar-refractivity contribution in [3.05, 3.63) is 73.1 Å². The second-order valence-electron chi connectivity index (χ2n) is 10.8. The number of carbonyl (C=O) groups is 1. The molecule has 0 aliphatic rings. The first-order chi connectivity index (χ1) is 18.2. The zero-order chi connectivity index (χ0) is 26.4. The number of pyridine rings is 2. The molecule has 0 radical (unpaired) electrons. The molecule has 0 aliphatic heterocycles. The fraction of sp³-hybridized carbons (Fsp3) is 0.207. The van der Waals surface area contributed by atoms with E-state index in [1.54, 1.807) is 12.4 Å². The van der Waals surface area contributed by atoms with Crippen LogP contribution in [0.1, 0.15) is 32.9 Å². The molecule has 9 heteroatoms. The van der Waals surface area contributed by atoms with E-state index in [0.29, 0.717) is 12.1 Å². The molecular formula is C29H28N8O. The Morgan fingerprint density at radius 1 is 1.08 bits per heavy atom. The number of nitrogens with one attached hydrogen (secondary N) is 3. The van der Waals surface area contributed by atoms with E-state index in [2.05, 4.69) is 42.6 Å². The number of fused-ring (bicyclic) bond motifs is 2. The molecule has 0 saturated heterocycles. The number of hydrogen-bond donors (Lipinski definition) is 3. The number of hydrogen-bond acceptors (Lipinski definition) is 5. The number of rotatable bonds is 5. The number of aryl methyl sites for hydroxylation is 1. The summed E-state index contributed by atoms with van der Waals surface area (Å²) < 4.78 is 2.02. The normalized spacial score (nSPS) is 11.9. The van der Waals surface area contributed by atoms with E-state index in [0.717, 1.165) is 56.0 Å². The molecule has 3 N–H and O–H groups in total. The van der Waals surface area contributed by atoms with Gasteiger partial charge in [-0.2, -0.15) is 5.10 Å². The third-order valence-electron chi connectivity index (χ3n) is 6.30. The molecule has 0 fully saturated rings. The summed E-state index contributed by atoms with van der Waals surface area (Å²) in [6.07, 6.45) is 7.65. The standard InChI is InChI=1S/C29H28N8O/c1-17-15-37(16-31-17)25-7-5-6-22-20(25)11-24(33-22)28-27-23(35-36-28)9-8-21(34-27)18-10-19(14-30-13-18)32-26(38)12-29(2,3)4/h5-11,13-16,33H,12H2,1-4H3,(H,32,38)(H,35,36). The minimum Gasteiger partial charge on any atom is -0.353 e. The van der Waals surface area contributed by atoms with Gasteiger partial charge in [-0.15, -0.1) is 0 Å². The summed E-state index contributed by atoms with van der Waals surface area (Å²) in [4.78, 5) is 29.6. The average Bonchev–Trinajstić information content (AvgIpc) is 3.60. The van der Waals surface area contributed by atoms with Crippen LogP contribution in [0, 0.1) is 12.3 Å². The number of aromatic amines is 2. The highest BCUT2D eigenvalue weighted by molar-refractivity contribution is 5.97.